The molecule has 0 amide bonds. The van der Waals surface area contributed by atoms with Crippen LogP contribution in [0.25, 0.3) is 11.0 Å². The molecule has 0 unspecified atom stereocenters. The van der Waals surface area contributed by atoms with Crippen molar-refractivity contribution >= 4 is 28.3 Å². The zero-order chi connectivity index (χ0) is 19.8. The van der Waals surface area contributed by atoms with Gasteiger partial charge in [-0.1, -0.05) is 41.9 Å². The highest BCUT2D eigenvalue weighted by Crippen LogP contribution is 2.25. The molecule has 0 aliphatic heterocycles. The Morgan fingerprint density at radius 2 is 1.86 bits per heavy atom. The van der Waals surface area contributed by atoms with Gasteiger partial charge in [-0.05, 0) is 37.6 Å². The fraction of sp³-hybridized carbons (Fsp3) is 0.200. The SMILES string of the molecule is Cc1nn(Cc2nc3cc(Cl)ccc3n2Cc2ccccc2)c(C)c1[N+](=O)[O-]. The summed E-state index contributed by atoms with van der Waals surface area (Å²) in [6, 6.07) is 15.7. The molecule has 0 N–H and O–H groups in total. The molecule has 142 valence electrons. The standard InChI is InChI=1S/C20H18ClN5O2/c1-13-20(26(27)28)14(2)25(23-13)12-19-22-17-10-16(21)8-9-18(17)24(19)11-15-6-4-3-5-7-15/h3-10H,11-12H2,1-2H3. The summed E-state index contributed by atoms with van der Waals surface area (Å²) in [6.45, 7) is 4.32. The summed E-state index contributed by atoms with van der Waals surface area (Å²) in [5.41, 5.74) is 3.84. The molecule has 0 aliphatic carbocycles. The molecular formula is C20H18ClN5O2. The van der Waals surface area contributed by atoms with Crippen molar-refractivity contribution in [1.29, 1.82) is 0 Å². The number of benzene rings is 2. The lowest BCUT2D eigenvalue weighted by atomic mass is 10.2. The molecule has 0 saturated carbocycles. The molecule has 0 radical (unpaired) electrons. The van der Waals surface area contributed by atoms with E-state index in [0.717, 1.165) is 22.4 Å². The van der Waals surface area contributed by atoms with Crippen LogP contribution in [0.5, 0.6) is 0 Å². The van der Waals surface area contributed by atoms with Gasteiger partial charge in [-0.15, -0.1) is 0 Å². The number of hydrogen-bond acceptors (Lipinski definition) is 4. The van der Waals surface area contributed by atoms with E-state index in [1.54, 1.807) is 18.5 Å². The maximum absolute atomic E-state index is 11.3. The molecule has 8 heteroatoms. The van der Waals surface area contributed by atoms with Gasteiger partial charge < -0.3 is 4.57 Å². The predicted octanol–water partition coefficient (Wildman–Crippen LogP) is 4.51. The molecular weight excluding hydrogens is 378 g/mol. The quantitative estimate of drug-likeness (QED) is 0.368. The molecule has 0 atom stereocenters. The van der Waals surface area contributed by atoms with Crippen LogP contribution in [-0.4, -0.2) is 24.3 Å². The summed E-state index contributed by atoms with van der Waals surface area (Å²) < 4.78 is 3.74. The Labute approximate surface area is 166 Å². The highest BCUT2D eigenvalue weighted by molar-refractivity contribution is 6.31. The third-order valence-corrected chi connectivity index (χ3v) is 5.03. The summed E-state index contributed by atoms with van der Waals surface area (Å²) in [5.74, 6) is 0.765. The van der Waals surface area contributed by atoms with Crippen LogP contribution in [0.15, 0.2) is 48.5 Å². The fourth-order valence-corrected chi connectivity index (χ4v) is 3.62. The Bertz CT molecular complexity index is 1180. The Morgan fingerprint density at radius 3 is 2.54 bits per heavy atom. The molecule has 2 aromatic carbocycles. The van der Waals surface area contributed by atoms with Crippen LogP contribution in [-0.2, 0) is 13.1 Å². The Morgan fingerprint density at radius 1 is 1.11 bits per heavy atom. The number of aromatic nitrogens is 4. The van der Waals surface area contributed by atoms with Crippen molar-refractivity contribution in [1.82, 2.24) is 19.3 Å². The highest BCUT2D eigenvalue weighted by Gasteiger charge is 2.23. The molecule has 4 aromatic rings. The van der Waals surface area contributed by atoms with Crippen LogP contribution in [0, 0.1) is 24.0 Å². The van der Waals surface area contributed by atoms with E-state index >= 15 is 0 Å². The van der Waals surface area contributed by atoms with E-state index in [0.29, 0.717) is 29.5 Å². The normalized spacial score (nSPS) is 11.2. The third-order valence-electron chi connectivity index (χ3n) is 4.79. The van der Waals surface area contributed by atoms with Crippen LogP contribution in [0.3, 0.4) is 0 Å². The number of nitro groups is 1. The third kappa shape index (κ3) is 3.25. The average molecular weight is 396 g/mol. The fourth-order valence-electron chi connectivity index (χ4n) is 3.46. The monoisotopic (exact) mass is 395 g/mol. The van der Waals surface area contributed by atoms with Crippen LogP contribution in [0.4, 0.5) is 5.69 Å². The zero-order valence-corrected chi connectivity index (χ0v) is 16.2. The first-order valence-corrected chi connectivity index (χ1v) is 9.19. The summed E-state index contributed by atoms with van der Waals surface area (Å²) >= 11 is 6.14. The first-order valence-electron chi connectivity index (χ1n) is 8.81. The first-order chi connectivity index (χ1) is 13.4. The van der Waals surface area contributed by atoms with Crippen molar-refractivity contribution < 1.29 is 4.92 Å². The molecule has 0 saturated heterocycles. The predicted molar refractivity (Wildman–Crippen MR) is 108 cm³/mol. The molecule has 0 spiro atoms. The number of halogens is 1. The van der Waals surface area contributed by atoms with Crippen molar-refractivity contribution in [3.8, 4) is 0 Å². The van der Waals surface area contributed by atoms with E-state index in [1.807, 2.05) is 36.4 Å². The summed E-state index contributed by atoms with van der Waals surface area (Å²) in [6.07, 6.45) is 0. The molecule has 28 heavy (non-hydrogen) atoms. The minimum atomic E-state index is -0.388. The largest absolute Gasteiger partial charge is 0.322 e. The maximum atomic E-state index is 11.3. The van der Waals surface area contributed by atoms with Crippen LogP contribution in [0.1, 0.15) is 22.8 Å². The molecule has 2 heterocycles. The summed E-state index contributed by atoms with van der Waals surface area (Å²) in [4.78, 5) is 15.7. The van der Waals surface area contributed by atoms with Crippen molar-refractivity contribution in [2.24, 2.45) is 0 Å². The van der Waals surface area contributed by atoms with E-state index in [9.17, 15) is 10.1 Å². The number of aryl methyl sites for hydroxylation is 1. The van der Waals surface area contributed by atoms with Crippen molar-refractivity contribution in [2.45, 2.75) is 26.9 Å². The lowest BCUT2D eigenvalue weighted by Gasteiger charge is -2.10. The van der Waals surface area contributed by atoms with Crippen molar-refractivity contribution in [3.05, 3.63) is 86.4 Å². The number of imidazole rings is 1. The van der Waals surface area contributed by atoms with E-state index in [-0.39, 0.29) is 10.6 Å². The summed E-state index contributed by atoms with van der Waals surface area (Å²) in [7, 11) is 0. The molecule has 0 aliphatic rings. The van der Waals surface area contributed by atoms with Gasteiger partial charge in [0.05, 0.1) is 22.5 Å². The van der Waals surface area contributed by atoms with Crippen LogP contribution >= 0.6 is 11.6 Å². The van der Waals surface area contributed by atoms with Gasteiger partial charge in [-0.3, -0.25) is 14.8 Å². The zero-order valence-electron chi connectivity index (χ0n) is 15.5. The van der Waals surface area contributed by atoms with Crippen molar-refractivity contribution in [2.75, 3.05) is 0 Å². The van der Waals surface area contributed by atoms with Gasteiger partial charge in [0, 0.05) is 11.6 Å². The highest BCUT2D eigenvalue weighted by atomic mass is 35.5. The number of fused-ring (bicyclic) bond motifs is 1. The van der Waals surface area contributed by atoms with E-state index in [1.165, 1.54) is 0 Å². The first kappa shape index (κ1) is 18.2. The van der Waals surface area contributed by atoms with Crippen LogP contribution in [0.2, 0.25) is 5.02 Å². The number of nitrogens with zero attached hydrogens (tertiary/aromatic N) is 5. The van der Waals surface area contributed by atoms with Gasteiger partial charge in [0.25, 0.3) is 0 Å². The van der Waals surface area contributed by atoms with Gasteiger partial charge in [-0.2, -0.15) is 5.10 Å². The Hall–Kier alpha value is -3.19. The number of hydrogen-bond donors (Lipinski definition) is 0. The van der Waals surface area contributed by atoms with Gasteiger partial charge in [-0.25, -0.2) is 4.98 Å². The molecule has 0 bridgehead atoms. The molecule has 2 aromatic heterocycles. The molecule has 0 fully saturated rings. The maximum Gasteiger partial charge on any atom is 0.312 e. The Kier molecular flexibility index (Phi) is 4.60. The second-order valence-corrected chi connectivity index (χ2v) is 7.10. The minimum absolute atomic E-state index is 0.0498. The smallest absolute Gasteiger partial charge is 0.312 e. The Balaban J connectivity index is 1.81. The molecule has 4 rings (SSSR count). The second-order valence-electron chi connectivity index (χ2n) is 6.67. The average Bonchev–Trinajstić information content (AvgIpc) is 3.12. The summed E-state index contributed by atoms with van der Waals surface area (Å²) in [5, 5.41) is 16.3. The lowest BCUT2D eigenvalue weighted by molar-refractivity contribution is -0.386. The number of rotatable bonds is 5. The van der Waals surface area contributed by atoms with E-state index in [4.69, 9.17) is 16.6 Å². The second kappa shape index (κ2) is 7.09. The van der Waals surface area contributed by atoms with Crippen molar-refractivity contribution in [3.63, 3.8) is 0 Å². The van der Waals surface area contributed by atoms with E-state index < -0.39 is 0 Å². The minimum Gasteiger partial charge on any atom is -0.322 e. The van der Waals surface area contributed by atoms with Gasteiger partial charge >= 0.3 is 5.69 Å². The van der Waals surface area contributed by atoms with Gasteiger partial charge in [0.15, 0.2) is 0 Å². The molecule has 7 nitrogen and oxygen atoms in total. The lowest BCUT2D eigenvalue weighted by Crippen LogP contribution is -2.12. The van der Waals surface area contributed by atoms with Gasteiger partial charge in [0.1, 0.15) is 17.2 Å². The van der Waals surface area contributed by atoms with E-state index in [2.05, 4.69) is 21.8 Å². The van der Waals surface area contributed by atoms with Gasteiger partial charge in [0.2, 0.25) is 0 Å². The van der Waals surface area contributed by atoms with Crippen LogP contribution < -0.4 is 0 Å². The topological polar surface area (TPSA) is 78.8 Å².